The highest BCUT2D eigenvalue weighted by Crippen LogP contribution is 2.29. The van der Waals surface area contributed by atoms with Gasteiger partial charge >= 0.3 is 0 Å². The van der Waals surface area contributed by atoms with Gasteiger partial charge < -0.3 is 15.8 Å². The molecule has 108 valence electrons. The molecule has 0 aliphatic heterocycles. The Labute approximate surface area is 121 Å². The van der Waals surface area contributed by atoms with Gasteiger partial charge in [0, 0.05) is 23.7 Å². The van der Waals surface area contributed by atoms with E-state index in [0.29, 0.717) is 12.8 Å². The first kappa shape index (κ1) is 17.7. The van der Waals surface area contributed by atoms with Crippen LogP contribution in [-0.4, -0.2) is 19.1 Å². The fourth-order valence-corrected chi connectivity index (χ4v) is 1.85. The van der Waals surface area contributed by atoms with E-state index < -0.39 is 0 Å². The molecule has 0 fully saturated rings. The Kier molecular flexibility index (Phi) is 7.49. The molecule has 1 atom stereocenters. The highest BCUT2D eigenvalue weighted by molar-refractivity contribution is 5.92. The van der Waals surface area contributed by atoms with Crippen molar-refractivity contribution in [3.63, 3.8) is 0 Å². The lowest BCUT2D eigenvalue weighted by molar-refractivity contribution is -0.116. The van der Waals surface area contributed by atoms with Crippen LogP contribution in [0.15, 0.2) is 12.1 Å². The summed E-state index contributed by atoms with van der Waals surface area (Å²) in [7, 11) is 1.64. The number of rotatable bonds is 5. The Morgan fingerprint density at radius 1 is 1.42 bits per heavy atom. The zero-order chi connectivity index (χ0) is 13.7. The van der Waals surface area contributed by atoms with Crippen LogP contribution in [0, 0.1) is 13.8 Å². The Hall–Kier alpha value is -1.26. The van der Waals surface area contributed by atoms with E-state index >= 15 is 0 Å². The molecule has 1 amide bonds. The fraction of sp³-hybridized carbons (Fsp3) is 0.500. The minimum atomic E-state index is -0.0127. The first-order valence-corrected chi connectivity index (χ1v) is 6.15. The molecule has 1 aromatic rings. The smallest absolute Gasteiger partial charge is 0.224 e. The number of carbonyl (C=O) groups is 1. The van der Waals surface area contributed by atoms with Crippen molar-refractivity contribution in [3.8, 4) is 5.75 Å². The van der Waals surface area contributed by atoms with Gasteiger partial charge in [0.1, 0.15) is 5.75 Å². The number of halogens is 1. The van der Waals surface area contributed by atoms with E-state index in [2.05, 4.69) is 5.32 Å². The molecule has 0 radical (unpaired) electrons. The number of hydrogen-bond acceptors (Lipinski definition) is 3. The van der Waals surface area contributed by atoms with Gasteiger partial charge in [-0.1, -0.05) is 6.07 Å². The molecule has 3 N–H and O–H groups in total. The van der Waals surface area contributed by atoms with Crippen LogP contribution in [-0.2, 0) is 4.79 Å². The van der Waals surface area contributed by atoms with Crippen LogP contribution in [0.5, 0.6) is 5.75 Å². The summed E-state index contributed by atoms with van der Waals surface area (Å²) >= 11 is 0. The van der Waals surface area contributed by atoms with E-state index in [4.69, 9.17) is 10.5 Å². The van der Waals surface area contributed by atoms with Crippen LogP contribution < -0.4 is 15.8 Å². The highest BCUT2D eigenvalue weighted by Gasteiger charge is 2.10. The van der Waals surface area contributed by atoms with Crippen molar-refractivity contribution in [1.29, 1.82) is 0 Å². The maximum absolute atomic E-state index is 11.7. The van der Waals surface area contributed by atoms with Crippen LogP contribution in [0.1, 0.15) is 30.9 Å². The number of carbonyl (C=O) groups excluding carboxylic acids is 1. The third-order valence-corrected chi connectivity index (χ3v) is 2.91. The average Bonchev–Trinajstić information content (AvgIpc) is 2.31. The zero-order valence-electron chi connectivity index (χ0n) is 11.9. The largest absolute Gasteiger partial charge is 0.496 e. The predicted molar refractivity (Wildman–Crippen MR) is 81.2 cm³/mol. The molecular formula is C14H23ClN2O2. The molecule has 0 heterocycles. The molecule has 19 heavy (non-hydrogen) atoms. The van der Waals surface area contributed by atoms with Crippen LogP contribution >= 0.6 is 12.4 Å². The van der Waals surface area contributed by atoms with Gasteiger partial charge in [-0.25, -0.2) is 0 Å². The lowest BCUT2D eigenvalue weighted by Gasteiger charge is -2.14. The lowest BCUT2D eigenvalue weighted by Crippen LogP contribution is -2.19. The van der Waals surface area contributed by atoms with Gasteiger partial charge in [-0.15, -0.1) is 12.4 Å². The van der Waals surface area contributed by atoms with Gasteiger partial charge in [-0.2, -0.15) is 0 Å². The molecule has 0 saturated heterocycles. The van der Waals surface area contributed by atoms with E-state index in [1.165, 1.54) is 0 Å². The average molecular weight is 287 g/mol. The SMILES string of the molecule is COc1c(C)ccc(NC(=O)CCC(C)N)c1C.Cl. The predicted octanol–water partition coefficient (Wildman–Crippen LogP) is 2.80. The van der Waals surface area contributed by atoms with Gasteiger partial charge in [0.25, 0.3) is 0 Å². The summed E-state index contributed by atoms with van der Waals surface area (Å²) in [5.41, 5.74) is 8.44. The number of benzene rings is 1. The van der Waals surface area contributed by atoms with Crippen LogP contribution in [0.3, 0.4) is 0 Å². The summed E-state index contributed by atoms with van der Waals surface area (Å²) in [6.07, 6.45) is 1.13. The summed E-state index contributed by atoms with van der Waals surface area (Å²) < 4.78 is 5.32. The second-order valence-corrected chi connectivity index (χ2v) is 4.65. The number of ether oxygens (including phenoxy) is 1. The standard InChI is InChI=1S/C14H22N2O2.ClH/c1-9-5-7-12(11(3)14(9)18-4)16-13(17)8-6-10(2)15;/h5,7,10H,6,8,15H2,1-4H3,(H,16,17);1H. The van der Waals surface area contributed by atoms with Crippen molar-refractivity contribution in [2.45, 2.75) is 39.7 Å². The highest BCUT2D eigenvalue weighted by atomic mass is 35.5. The summed E-state index contributed by atoms with van der Waals surface area (Å²) in [6, 6.07) is 3.88. The van der Waals surface area contributed by atoms with Crippen molar-refractivity contribution in [1.82, 2.24) is 0 Å². The summed E-state index contributed by atoms with van der Waals surface area (Å²) in [5.74, 6) is 0.807. The van der Waals surface area contributed by atoms with E-state index in [-0.39, 0.29) is 24.4 Å². The van der Waals surface area contributed by atoms with Crippen LogP contribution in [0.4, 0.5) is 5.69 Å². The van der Waals surface area contributed by atoms with E-state index in [0.717, 1.165) is 22.6 Å². The first-order valence-electron chi connectivity index (χ1n) is 6.15. The Bertz CT molecular complexity index is 434. The van der Waals surface area contributed by atoms with Crippen LogP contribution in [0.25, 0.3) is 0 Å². The number of aryl methyl sites for hydroxylation is 1. The number of methoxy groups -OCH3 is 1. The summed E-state index contributed by atoms with van der Waals surface area (Å²) in [6.45, 7) is 5.81. The third kappa shape index (κ3) is 5.09. The molecule has 0 bridgehead atoms. The molecular weight excluding hydrogens is 264 g/mol. The second kappa shape index (κ2) is 8.02. The van der Waals surface area contributed by atoms with Gasteiger partial charge in [0.15, 0.2) is 0 Å². The maximum atomic E-state index is 11.7. The van der Waals surface area contributed by atoms with Gasteiger partial charge in [0.05, 0.1) is 7.11 Å². The number of amides is 1. The van der Waals surface area contributed by atoms with E-state index in [9.17, 15) is 4.79 Å². The van der Waals surface area contributed by atoms with E-state index in [1.807, 2.05) is 32.9 Å². The Morgan fingerprint density at radius 2 is 2.05 bits per heavy atom. The summed E-state index contributed by atoms with van der Waals surface area (Å²) in [4.78, 5) is 11.7. The Balaban J connectivity index is 0.00000324. The number of nitrogens with one attached hydrogen (secondary N) is 1. The molecule has 0 aliphatic rings. The zero-order valence-corrected chi connectivity index (χ0v) is 12.8. The van der Waals surface area contributed by atoms with Crippen molar-refractivity contribution in [2.24, 2.45) is 5.73 Å². The van der Waals surface area contributed by atoms with Gasteiger partial charge in [-0.05, 0) is 38.8 Å². The third-order valence-electron chi connectivity index (χ3n) is 2.91. The maximum Gasteiger partial charge on any atom is 0.224 e. The molecule has 0 aliphatic carbocycles. The molecule has 1 aromatic carbocycles. The molecule has 0 aromatic heterocycles. The van der Waals surface area contributed by atoms with Gasteiger partial charge in [-0.3, -0.25) is 4.79 Å². The minimum absolute atomic E-state index is 0. The number of nitrogens with two attached hydrogens (primary N) is 1. The second-order valence-electron chi connectivity index (χ2n) is 4.65. The quantitative estimate of drug-likeness (QED) is 0.875. The Morgan fingerprint density at radius 3 is 2.58 bits per heavy atom. The van der Waals surface area contributed by atoms with Gasteiger partial charge in [0.2, 0.25) is 5.91 Å². The monoisotopic (exact) mass is 286 g/mol. The molecule has 0 spiro atoms. The molecule has 4 nitrogen and oxygen atoms in total. The normalized spacial score (nSPS) is 11.4. The molecule has 1 rings (SSSR count). The molecule has 5 heteroatoms. The van der Waals surface area contributed by atoms with Crippen molar-refractivity contribution < 1.29 is 9.53 Å². The van der Waals surface area contributed by atoms with Crippen LogP contribution in [0.2, 0.25) is 0 Å². The first-order chi connectivity index (χ1) is 8.45. The lowest BCUT2D eigenvalue weighted by atomic mass is 10.1. The number of anilines is 1. The van der Waals surface area contributed by atoms with Crippen molar-refractivity contribution >= 4 is 24.0 Å². The topological polar surface area (TPSA) is 64.3 Å². The van der Waals surface area contributed by atoms with Crippen molar-refractivity contribution in [2.75, 3.05) is 12.4 Å². The van der Waals surface area contributed by atoms with E-state index in [1.54, 1.807) is 7.11 Å². The molecule has 0 saturated carbocycles. The summed E-state index contributed by atoms with van der Waals surface area (Å²) in [5, 5.41) is 2.89. The number of hydrogen-bond donors (Lipinski definition) is 2. The fourth-order valence-electron chi connectivity index (χ4n) is 1.85. The van der Waals surface area contributed by atoms with Crippen molar-refractivity contribution in [3.05, 3.63) is 23.3 Å². The molecule has 1 unspecified atom stereocenters. The minimum Gasteiger partial charge on any atom is -0.496 e.